The number of amides is 3. The van der Waals surface area contributed by atoms with Gasteiger partial charge in [0, 0.05) is 12.5 Å². The van der Waals surface area contributed by atoms with Crippen LogP contribution in [0.1, 0.15) is 50.2 Å². The molecule has 2 aromatic rings. The van der Waals surface area contributed by atoms with Gasteiger partial charge in [-0.25, -0.2) is 4.90 Å². The van der Waals surface area contributed by atoms with Crippen molar-refractivity contribution in [1.29, 1.82) is 0 Å². The lowest BCUT2D eigenvalue weighted by molar-refractivity contribution is -0.139. The summed E-state index contributed by atoms with van der Waals surface area (Å²) < 4.78 is 10.7. The Morgan fingerprint density at radius 1 is 1.03 bits per heavy atom. The molecule has 180 valence electrons. The minimum Gasteiger partial charge on any atom is -0.493 e. The van der Waals surface area contributed by atoms with E-state index < -0.39 is 6.04 Å². The number of carbonyl (C=O) groups excluding carboxylic acids is 3. The topological polar surface area (TPSA) is 76.2 Å². The fourth-order valence-corrected chi connectivity index (χ4v) is 4.41. The first-order valence-corrected chi connectivity index (χ1v) is 11.8. The Labute approximate surface area is 200 Å². The van der Waals surface area contributed by atoms with E-state index in [1.54, 1.807) is 19.1 Å². The van der Waals surface area contributed by atoms with Gasteiger partial charge < -0.3 is 14.4 Å². The minimum atomic E-state index is -0.773. The summed E-state index contributed by atoms with van der Waals surface area (Å²) >= 11 is 0. The lowest BCUT2D eigenvalue weighted by Gasteiger charge is -2.28. The van der Waals surface area contributed by atoms with Gasteiger partial charge in [-0.05, 0) is 60.6 Å². The maximum Gasteiger partial charge on any atom is 0.257 e. The summed E-state index contributed by atoms with van der Waals surface area (Å²) in [5.74, 6) is 0.915. The van der Waals surface area contributed by atoms with E-state index in [4.69, 9.17) is 9.47 Å². The number of methoxy groups -OCH3 is 2. The van der Waals surface area contributed by atoms with Crippen molar-refractivity contribution >= 4 is 23.4 Å². The molecule has 1 heterocycles. The third-order valence-corrected chi connectivity index (χ3v) is 6.62. The van der Waals surface area contributed by atoms with Crippen LogP contribution in [0.3, 0.4) is 0 Å². The van der Waals surface area contributed by atoms with E-state index in [1.807, 2.05) is 42.5 Å². The van der Waals surface area contributed by atoms with Crippen molar-refractivity contribution in [1.82, 2.24) is 4.90 Å². The summed E-state index contributed by atoms with van der Waals surface area (Å²) in [6, 6.07) is 12.4. The van der Waals surface area contributed by atoms with E-state index in [0.717, 1.165) is 24.0 Å². The zero-order chi connectivity index (χ0) is 24.4. The summed E-state index contributed by atoms with van der Waals surface area (Å²) in [6.07, 6.45) is 2.22. The molecule has 7 nitrogen and oxygen atoms in total. The molecular weight excluding hydrogens is 432 g/mol. The van der Waals surface area contributed by atoms with Crippen molar-refractivity contribution < 1.29 is 23.9 Å². The van der Waals surface area contributed by atoms with Gasteiger partial charge in [0.2, 0.25) is 11.8 Å². The van der Waals surface area contributed by atoms with Gasteiger partial charge in [0.15, 0.2) is 11.5 Å². The molecule has 1 saturated heterocycles. The zero-order valence-corrected chi connectivity index (χ0v) is 20.2. The van der Waals surface area contributed by atoms with Gasteiger partial charge in [0.1, 0.15) is 6.04 Å². The molecule has 0 spiro atoms. The molecule has 1 atom stereocenters. The third-order valence-electron chi connectivity index (χ3n) is 6.62. The molecule has 7 heteroatoms. The van der Waals surface area contributed by atoms with Crippen LogP contribution < -0.4 is 14.4 Å². The van der Waals surface area contributed by atoms with E-state index in [1.165, 1.54) is 4.90 Å². The number of benzene rings is 2. The SMILES string of the molecule is COc1ccc(CCN(C(=O)C2CC2)C2CC(=O)N(c3ccc(C(C)C)cc3)C2=O)cc1OC. The second-order valence-electron chi connectivity index (χ2n) is 9.28. The quantitative estimate of drug-likeness (QED) is 0.526. The minimum absolute atomic E-state index is 0.00909. The van der Waals surface area contributed by atoms with Gasteiger partial charge in [-0.15, -0.1) is 0 Å². The molecule has 2 aliphatic rings. The molecule has 0 radical (unpaired) electrons. The van der Waals surface area contributed by atoms with E-state index in [2.05, 4.69) is 13.8 Å². The molecule has 34 heavy (non-hydrogen) atoms. The fourth-order valence-electron chi connectivity index (χ4n) is 4.41. The van der Waals surface area contributed by atoms with Gasteiger partial charge in [-0.3, -0.25) is 14.4 Å². The molecule has 2 aromatic carbocycles. The van der Waals surface area contributed by atoms with E-state index in [9.17, 15) is 14.4 Å². The maximum absolute atomic E-state index is 13.4. The predicted molar refractivity (Wildman–Crippen MR) is 129 cm³/mol. The van der Waals surface area contributed by atoms with Crippen molar-refractivity contribution in [3.63, 3.8) is 0 Å². The van der Waals surface area contributed by atoms with Crippen LogP contribution in [0.15, 0.2) is 42.5 Å². The van der Waals surface area contributed by atoms with Crippen LogP contribution >= 0.6 is 0 Å². The molecule has 1 aliphatic heterocycles. The lowest BCUT2D eigenvalue weighted by atomic mass is 10.0. The normalized spacial score (nSPS) is 17.9. The molecule has 1 aliphatic carbocycles. The second kappa shape index (κ2) is 9.87. The monoisotopic (exact) mass is 464 g/mol. The fraction of sp³-hybridized carbons (Fsp3) is 0.444. The smallest absolute Gasteiger partial charge is 0.257 e. The standard InChI is InChI=1S/C27H32N2O5/c1-17(2)19-8-10-21(11-9-19)29-25(30)16-22(27(29)32)28(26(31)20-6-7-20)14-13-18-5-12-23(33-3)24(15-18)34-4/h5,8-12,15,17,20,22H,6-7,13-14,16H2,1-4H3. The van der Waals surface area contributed by atoms with Gasteiger partial charge in [-0.1, -0.05) is 32.0 Å². The number of carbonyl (C=O) groups is 3. The van der Waals surface area contributed by atoms with Crippen molar-refractivity contribution in [2.24, 2.45) is 5.92 Å². The highest BCUT2D eigenvalue weighted by molar-refractivity contribution is 6.23. The number of ether oxygens (including phenoxy) is 2. The van der Waals surface area contributed by atoms with Crippen molar-refractivity contribution in [3.05, 3.63) is 53.6 Å². The first-order chi connectivity index (χ1) is 16.3. The third kappa shape index (κ3) is 4.79. The predicted octanol–water partition coefficient (Wildman–Crippen LogP) is 3.94. The lowest BCUT2D eigenvalue weighted by Crippen LogP contribution is -2.47. The Hall–Kier alpha value is -3.35. The Kier molecular flexibility index (Phi) is 6.91. The van der Waals surface area contributed by atoms with E-state index in [-0.39, 0.29) is 30.1 Å². The summed E-state index contributed by atoms with van der Waals surface area (Å²) in [7, 11) is 3.16. The Morgan fingerprint density at radius 2 is 1.71 bits per heavy atom. The number of hydrogen-bond acceptors (Lipinski definition) is 5. The summed E-state index contributed by atoms with van der Waals surface area (Å²) in [5.41, 5.74) is 2.66. The van der Waals surface area contributed by atoms with Crippen LogP contribution in [0, 0.1) is 5.92 Å². The summed E-state index contributed by atoms with van der Waals surface area (Å²) in [5, 5.41) is 0. The summed E-state index contributed by atoms with van der Waals surface area (Å²) in [6.45, 7) is 4.54. The second-order valence-corrected chi connectivity index (χ2v) is 9.28. The molecule has 4 rings (SSSR count). The number of anilines is 1. The van der Waals surface area contributed by atoms with Crippen LogP contribution in [0.4, 0.5) is 5.69 Å². The Bertz CT molecular complexity index is 1070. The zero-order valence-electron chi connectivity index (χ0n) is 20.2. The van der Waals surface area contributed by atoms with E-state index in [0.29, 0.717) is 36.1 Å². The highest BCUT2D eigenvalue weighted by Gasteiger charge is 2.46. The van der Waals surface area contributed by atoms with Gasteiger partial charge in [-0.2, -0.15) is 0 Å². The number of hydrogen-bond donors (Lipinski definition) is 0. The van der Waals surface area contributed by atoms with Crippen LogP contribution in [0.5, 0.6) is 11.5 Å². The molecule has 3 amide bonds. The average molecular weight is 465 g/mol. The largest absolute Gasteiger partial charge is 0.493 e. The van der Waals surface area contributed by atoms with Crippen molar-refractivity contribution in [2.45, 2.75) is 51.5 Å². The number of nitrogens with zero attached hydrogens (tertiary/aromatic N) is 2. The average Bonchev–Trinajstić information content (AvgIpc) is 3.64. The first kappa shape index (κ1) is 23.8. The highest BCUT2D eigenvalue weighted by Crippen LogP contribution is 2.35. The van der Waals surface area contributed by atoms with Crippen LogP contribution in [-0.4, -0.2) is 49.4 Å². The van der Waals surface area contributed by atoms with Gasteiger partial charge in [0.25, 0.3) is 5.91 Å². The van der Waals surface area contributed by atoms with Crippen molar-refractivity contribution in [2.75, 3.05) is 25.7 Å². The van der Waals surface area contributed by atoms with E-state index >= 15 is 0 Å². The molecular formula is C27H32N2O5. The maximum atomic E-state index is 13.4. The van der Waals surface area contributed by atoms with Crippen LogP contribution in [0.2, 0.25) is 0 Å². The summed E-state index contributed by atoms with van der Waals surface area (Å²) in [4.78, 5) is 42.3. The molecule has 1 unspecified atom stereocenters. The van der Waals surface area contributed by atoms with Gasteiger partial charge in [0.05, 0.1) is 26.3 Å². The molecule has 0 bridgehead atoms. The first-order valence-electron chi connectivity index (χ1n) is 11.8. The number of rotatable bonds is 9. The number of imide groups is 1. The molecule has 1 saturated carbocycles. The van der Waals surface area contributed by atoms with Crippen LogP contribution in [-0.2, 0) is 20.8 Å². The Balaban J connectivity index is 1.54. The molecule has 2 fully saturated rings. The van der Waals surface area contributed by atoms with Gasteiger partial charge >= 0.3 is 0 Å². The molecule has 0 aromatic heterocycles. The Morgan fingerprint density at radius 3 is 2.29 bits per heavy atom. The highest BCUT2D eigenvalue weighted by atomic mass is 16.5. The molecule has 0 N–H and O–H groups in total. The van der Waals surface area contributed by atoms with Crippen LogP contribution in [0.25, 0.3) is 0 Å². The van der Waals surface area contributed by atoms with Crippen molar-refractivity contribution in [3.8, 4) is 11.5 Å².